The van der Waals surface area contributed by atoms with Gasteiger partial charge in [-0.05, 0) is 42.6 Å². The number of carbonyl (C=O) groups excluding carboxylic acids is 1. The molecule has 0 aliphatic heterocycles. The summed E-state index contributed by atoms with van der Waals surface area (Å²) < 4.78 is 39.5. The Hall–Kier alpha value is -1.05. The first-order valence-corrected chi connectivity index (χ1v) is 7.63. The predicted molar refractivity (Wildman–Crippen MR) is 74.8 cm³/mol. The highest BCUT2D eigenvalue weighted by Crippen LogP contribution is 2.36. The van der Waals surface area contributed by atoms with Gasteiger partial charge in [0.05, 0.1) is 10.2 Å². The predicted octanol–water partition coefficient (Wildman–Crippen LogP) is 3.59. The van der Waals surface area contributed by atoms with E-state index in [0.29, 0.717) is 0 Å². The van der Waals surface area contributed by atoms with Gasteiger partial charge >= 0.3 is 6.18 Å². The summed E-state index contributed by atoms with van der Waals surface area (Å²) in [6.45, 7) is 3.06. The standard InChI is InChI=1S/C13H17BrF3N3O/c1-7-10(14)11(13(15,16)17)19-20(7)8(2)12(21)18-9-5-3-4-6-9/h8-9H,3-6H2,1-2H3,(H,18,21). The smallest absolute Gasteiger partial charge is 0.352 e. The Morgan fingerprint density at radius 1 is 1.43 bits per heavy atom. The van der Waals surface area contributed by atoms with Crippen LogP contribution < -0.4 is 5.32 Å². The Morgan fingerprint density at radius 3 is 2.48 bits per heavy atom. The molecule has 118 valence electrons. The summed E-state index contributed by atoms with van der Waals surface area (Å²) in [5.41, 5.74) is -0.711. The summed E-state index contributed by atoms with van der Waals surface area (Å²) in [5.74, 6) is -0.297. The van der Waals surface area contributed by atoms with Crippen LogP contribution in [0.2, 0.25) is 0 Å². The van der Waals surface area contributed by atoms with E-state index in [1.807, 2.05) is 0 Å². The van der Waals surface area contributed by atoms with Gasteiger partial charge in [-0.2, -0.15) is 18.3 Å². The van der Waals surface area contributed by atoms with E-state index in [4.69, 9.17) is 0 Å². The molecule has 8 heteroatoms. The van der Waals surface area contributed by atoms with Crippen molar-refractivity contribution < 1.29 is 18.0 Å². The number of amides is 1. The van der Waals surface area contributed by atoms with Crippen molar-refractivity contribution in [3.63, 3.8) is 0 Å². The molecule has 1 aliphatic rings. The topological polar surface area (TPSA) is 46.9 Å². The molecule has 2 rings (SSSR count). The Bertz CT molecular complexity index is 535. The molecule has 1 atom stereocenters. The van der Waals surface area contributed by atoms with Crippen molar-refractivity contribution in [2.75, 3.05) is 0 Å². The molecule has 0 spiro atoms. The van der Waals surface area contributed by atoms with E-state index in [9.17, 15) is 18.0 Å². The number of hydrogen-bond acceptors (Lipinski definition) is 2. The minimum atomic E-state index is -4.55. The normalized spacial score (nSPS) is 18.0. The van der Waals surface area contributed by atoms with Gasteiger partial charge in [-0.15, -0.1) is 0 Å². The Kier molecular flexibility index (Phi) is 4.65. The van der Waals surface area contributed by atoms with Crippen LogP contribution in [0.1, 0.15) is 50.0 Å². The van der Waals surface area contributed by atoms with Gasteiger partial charge in [-0.25, -0.2) is 0 Å². The first-order valence-electron chi connectivity index (χ1n) is 6.84. The highest BCUT2D eigenvalue weighted by atomic mass is 79.9. The van der Waals surface area contributed by atoms with E-state index in [2.05, 4.69) is 26.3 Å². The molecule has 1 N–H and O–H groups in total. The van der Waals surface area contributed by atoms with Crippen LogP contribution in [0.3, 0.4) is 0 Å². The van der Waals surface area contributed by atoms with Crippen LogP contribution in [0, 0.1) is 6.92 Å². The van der Waals surface area contributed by atoms with E-state index < -0.39 is 17.9 Å². The van der Waals surface area contributed by atoms with Crippen LogP contribution in [0.25, 0.3) is 0 Å². The number of aromatic nitrogens is 2. The van der Waals surface area contributed by atoms with Gasteiger partial charge in [0.15, 0.2) is 5.69 Å². The summed E-state index contributed by atoms with van der Waals surface area (Å²) in [6, 6.07) is -0.653. The van der Waals surface area contributed by atoms with Crippen molar-refractivity contribution in [2.45, 2.75) is 57.8 Å². The lowest BCUT2D eigenvalue weighted by Crippen LogP contribution is -2.38. The third-order valence-electron chi connectivity index (χ3n) is 3.79. The summed E-state index contributed by atoms with van der Waals surface area (Å²) in [7, 11) is 0. The largest absolute Gasteiger partial charge is 0.436 e. The quantitative estimate of drug-likeness (QED) is 0.887. The Balaban J connectivity index is 2.18. The van der Waals surface area contributed by atoms with Crippen molar-refractivity contribution in [2.24, 2.45) is 0 Å². The summed E-state index contributed by atoms with van der Waals surface area (Å²) in [5, 5.41) is 6.44. The molecule has 1 aromatic heterocycles. The van der Waals surface area contributed by atoms with Crippen LogP contribution in [-0.2, 0) is 11.0 Å². The van der Waals surface area contributed by atoms with Gasteiger partial charge in [0.1, 0.15) is 6.04 Å². The van der Waals surface area contributed by atoms with Crippen molar-refractivity contribution >= 4 is 21.8 Å². The number of nitrogens with zero attached hydrogens (tertiary/aromatic N) is 2. The number of rotatable bonds is 3. The molecule has 0 bridgehead atoms. The number of alkyl halides is 3. The zero-order chi connectivity index (χ0) is 15.8. The maximum Gasteiger partial charge on any atom is 0.436 e. The second-order valence-corrected chi connectivity index (χ2v) is 6.15. The maximum absolute atomic E-state index is 12.8. The summed E-state index contributed by atoms with van der Waals surface area (Å²) in [4.78, 5) is 12.2. The van der Waals surface area contributed by atoms with E-state index >= 15 is 0 Å². The van der Waals surface area contributed by atoms with Gasteiger partial charge in [0.25, 0.3) is 0 Å². The Morgan fingerprint density at radius 2 is 2.00 bits per heavy atom. The lowest BCUT2D eigenvalue weighted by molar-refractivity contribution is -0.142. The molecule has 1 aliphatic carbocycles. The van der Waals surface area contributed by atoms with Crippen LogP contribution in [-0.4, -0.2) is 21.7 Å². The van der Waals surface area contributed by atoms with E-state index in [1.165, 1.54) is 6.92 Å². The monoisotopic (exact) mass is 367 g/mol. The Labute approximate surface area is 129 Å². The van der Waals surface area contributed by atoms with Crippen molar-refractivity contribution in [3.05, 3.63) is 15.9 Å². The zero-order valence-corrected chi connectivity index (χ0v) is 13.4. The first-order chi connectivity index (χ1) is 9.71. The van der Waals surface area contributed by atoms with Gasteiger partial charge in [-0.3, -0.25) is 9.48 Å². The fraction of sp³-hybridized carbons (Fsp3) is 0.692. The third kappa shape index (κ3) is 3.41. The third-order valence-corrected chi connectivity index (χ3v) is 4.74. The molecule has 0 aromatic carbocycles. The van der Waals surface area contributed by atoms with E-state index in [-0.39, 0.29) is 22.1 Å². The summed E-state index contributed by atoms with van der Waals surface area (Å²) >= 11 is 2.91. The minimum absolute atomic E-state index is 0.115. The average Bonchev–Trinajstić information content (AvgIpc) is 2.98. The fourth-order valence-corrected chi connectivity index (χ4v) is 3.05. The average molecular weight is 368 g/mol. The molecule has 1 saturated carbocycles. The van der Waals surface area contributed by atoms with Gasteiger partial charge in [0, 0.05) is 6.04 Å². The lowest BCUT2D eigenvalue weighted by atomic mass is 10.2. The minimum Gasteiger partial charge on any atom is -0.352 e. The van der Waals surface area contributed by atoms with Gasteiger partial charge < -0.3 is 5.32 Å². The molecule has 1 amide bonds. The summed E-state index contributed by atoms with van der Waals surface area (Å²) in [6.07, 6.45) is -0.549. The molecule has 0 saturated heterocycles. The molecule has 1 fully saturated rings. The maximum atomic E-state index is 12.8. The first kappa shape index (κ1) is 16.3. The fourth-order valence-electron chi connectivity index (χ4n) is 2.56. The van der Waals surface area contributed by atoms with Crippen LogP contribution in [0.4, 0.5) is 13.2 Å². The number of hydrogen-bond donors (Lipinski definition) is 1. The molecule has 1 heterocycles. The molecule has 0 radical (unpaired) electrons. The lowest BCUT2D eigenvalue weighted by Gasteiger charge is -2.18. The highest BCUT2D eigenvalue weighted by Gasteiger charge is 2.39. The van der Waals surface area contributed by atoms with Gasteiger partial charge in [0.2, 0.25) is 5.91 Å². The van der Waals surface area contributed by atoms with Crippen LogP contribution in [0.5, 0.6) is 0 Å². The van der Waals surface area contributed by atoms with Crippen LogP contribution >= 0.6 is 15.9 Å². The second kappa shape index (κ2) is 5.98. The van der Waals surface area contributed by atoms with Crippen LogP contribution in [0.15, 0.2) is 4.47 Å². The SMILES string of the molecule is Cc1c(Br)c(C(F)(F)F)nn1C(C)C(=O)NC1CCCC1. The highest BCUT2D eigenvalue weighted by molar-refractivity contribution is 9.10. The van der Waals surface area contributed by atoms with E-state index in [1.54, 1.807) is 6.92 Å². The molecular weight excluding hydrogens is 351 g/mol. The molecule has 4 nitrogen and oxygen atoms in total. The van der Waals surface area contributed by atoms with Crippen molar-refractivity contribution in [1.29, 1.82) is 0 Å². The molecule has 1 aromatic rings. The number of nitrogens with one attached hydrogen (secondary N) is 1. The van der Waals surface area contributed by atoms with Crippen molar-refractivity contribution in [3.8, 4) is 0 Å². The molecule has 1 unspecified atom stereocenters. The van der Waals surface area contributed by atoms with Crippen molar-refractivity contribution in [1.82, 2.24) is 15.1 Å². The van der Waals surface area contributed by atoms with Gasteiger partial charge in [-0.1, -0.05) is 12.8 Å². The zero-order valence-electron chi connectivity index (χ0n) is 11.8. The number of carbonyl (C=O) groups is 1. The molecule has 21 heavy (non-hydrogen) atoms. The van der Waals surface area contributed by atoms with E-state index in [0.717, 1.165) is 30.4 Å². The number of halogens is 4. The molecular formula is C13H17BrF3N3O. The second-order valence-electron chi connectivity index (χ2n) is 5.36.